The third kappa shape index (κ3) is 4.73. The van der Waals surface area contributed by atoms with Crippen molar-refractivity contribution in [2.24, 2.45) is 0 Å². The Hall–Kier alpha value is -0.950. The lowest BCUT2D eigenvalue weighted by Gasteiger charge is -2.33. The van der Waals surface area contributed by atoms with Crippen LogP contribution >= 0.6 is 23.4 Å². The molecule has 2 aliphatic rings. The zero-order valence-corrected chi connectivity index (χ0v) is 17.9. The summed E-state index contributed by atoms with van der Waals surface area (Å²) < 4.78 is 0.121. The molecule has 2 saturated heterocycles. The number of H-pyrrole nitrogens is 1. The second kappa shape index (κ2) is 8.19. The van der Waals surface area contributed by atoms with Crippen LogP contribution in [-0.4, -0.2) is 65.4 Å². The molecule has 1 aromatic carbocycles. The minimum Gasteiger partial charge on any atom is -0.368 e. The van der Waals surface area contributed by atoms with Crippen molar-refractivity contribution in [2.75, 3.05) is 50.7 Å². The standard InChI is InChI=1S/C20H30ClN5S/c1-20(2,14-25-8-4-3-5-9-25)27-19-23-16-12-15(21)18(13-17(16)24-19)26-10-6-22-7-11-26/h12-13,22H,3-11,14H2,1-2H3,(H,23,24). The van der Waals surface area contributed by atoms with Gasteiger partial charge >= 0.3 is 0 Å². The van der Waals surface area contributed by atoms with Crippen molar-refractivity contribution in [3.8, 4) is 0 Å². The van der Waals surface area contributed by atoms with E-state index >= 15 is 0 Å². The zero-order chi connectivity index (χ0) is 18.9. The second-order valence-electron chi connectivity index (χ2n) is 8.30. The molecular weight excluding hydrogens is 378 g/mol. The summed E-state index contributed by atoms with van der Waals surface area (Å²) in [7, 11) is 0. The van der Waals surface area contributed by atoms with E-state index in [2.05, 4.69) is 40.0 Å². The molecule has 4 rings (SSSR count). The lowest BCUT2D eigenvalue weighted by Crippen LogP contribution is -2.43. The lowest BCUT2D eigenvalue weighted by atomic mass is 10.1. The van der Waals surface area contributed by atoms with Gasteiger partial charge in [0.05, 0.1) is 21.7 Å². The van der Waals surface area contributed by atoms with Crippen LogP contribution in [0.25, 0.3) is 11.0 Å². The number of halogens is 1. The molecule has 1 aromatic heterocycles. The summed E-state index contributed by atoms with van der Waals surface area (Å²) in [4.78, 5) is 13.3. The first-order chi connectivity index (χ1) is 13.0. The van der Waals surface area contributed by atoms with Gasteiger partial charge in [-0.25, -0.2) is 4.98 Å². The van der Waals surface area contributed by atoms with Crippen LogP contribution in [-0.2, 0) is 0 Å². The monoisotopic (exact) mass is 407 g/mol. The number of hydrogen-bond donors (Lipinski definition) is 2. The Kier molecular flexibility index (Phi) is 5.88. The summed E-state index contributed by atoms with van der Waals surface area (Å²) in [6.07, 6.45) is 4.04. The largest absolute Gasteiger partial charge is 0.368 e. The van der Waals surface area contributed by atoms with Crippen LogP contribution in [0.15, 0.2) is 17.3 Å². The van der Waals surface area contributed by atoms with E-state index in [1.807, 2.05) is 17.8 Å². The van der Waals surface area contributed by atoms with E-state index in [0.717, 1.165) is 59.6 Å². The number of aromatic nitrogens is 2. The van der Waals surface area contributed by atoms with Gasteiger partial charge in [0.25, 0.3) is 0 Å². The van der Waals surface area contributed by atoms with E-state index < -0.39 is 0 Å². The molecule has 7 heteroatoms. The molecule has 0 atom stereocenters. The normalized spacial score (nSPS) is 19.7. The van der Waals surface area contributed by atoms with Gasteiger partial charge < -0.3 is 20.1 Å². The van der Waals surface area contributed by atoms with Crippen LogP contribution in [0.3, 0.4) is 0 Å². The van der Waals surface area contributed by atoms with Crippen LogP contribution in [0.5, 0.6) is 0 Å². The molecule has 2 aromatic rings. The summed E-state index contributed by atoms with van der Waals surface area (Å²) in [6.45, 7) is 12.2. The number of likely N-dealkylation sites (tertiary alicyclic amines) is 1. The van der Waals surface area contributed by atoms with Gasteiger partial charge in [0.1, 0.15) is 0 Å². The van der Waals surface area contributed by atoms with E-state index in [1.165, 1.54) is 32.4 Å². The predicted molar refractivity (Wildman–Crippen MR) is 116 cm³/mol. The second-order valence-corrected chi connectivity index (χ2v) is 10.4. The van der Waals surface area contributed by atoms with E-state index in [4.69, 9.17) is 16.6 Å². The van der Waals surface area contributed by atoms with Crippen molar-refractivity contribution in [2.45, 2.75) is 43.0 Å². The molecule has 0 aliphatic carbocycles. The van der Waals surface area contributed by atoms with Gasteiger partial charge in [0.15, 0.2) is 5.16 Å². The minimum absolute atomic E-state index is 0.121. The Balaban J connectivity index is 1.50. The van der Waals surface area contributed by atoms with Crippen molar-refractivity contribution in [3.63, 3.8) is 0 Å². The molecule has 148 valence electrons. The molecule has 0 radical (unpaired) electrons. The van der Waals surface area contributed by atoms with Crippen LogP contribution in [0.2, 0.25) is 5.02 Å². The number of thioether (sulfide) groups is 1. The number of nitrogens with zero attached hydrogens (tertiary/aromatic N) is 3. The summed E-state index contributed by atoms with van der Waals surface area (Å²) >= 11 is 8.42. The highest BCUT2D eigenvalue weighted by molar-refractivity contribution is 8.00. The minimum atomic E-state index is 0.121. The molecule has 0 bridgehead atoms. The highest BCUT2D eigenvalue weighted by Crippen LogP contribution is 2.36. The summed E-state index contributed by atoms with van der Waals surface area (Å²) in [5.41, 5.74) is 3.14. The molecule has 2 fully saturated rings. The van der Waals surface area contributed by atoms with Crippen LogP contribution in [0.4, 0.5) is 5.69 Å². The number of piperazine rings is 1. The maximum atomic E-state index is 6.58. The third-order valence-corrected chi connectivity index (χ3v) is 6.78. The molecular formula is C20H30ClN5S. The smallest absolute Gasteiger partial charge is 0.166 e. The summed E-state index contributed by atoms with van der Waals surface area (Å²) in [6, 6.07) is 4.17. The molecule has 0 spiro atoms. The van der Waals surface area contributed by atoms with Crippen molar-refractivity contribution in [3.05, 3.63) is 17.2 Å². The number of piperidine rings is 1. The van der Waals surface area contributed by atoms with Crippen LogP contribution < -0.4 is 10.2 Å². The molecule has 0 unspecified atom stereocenters. The van der Waals surface area contributed by atoms with E-state index in [1.54, 1.807) is 0 Å². The molecule has 0 saturated carbocycles. The number of anilines is 1. The third-order valence-electron chi connectivity index (χ3n) is 5.41. The SMILES string of the molecule is CC(C)(CN1CCCCC1)Sc1nc2cc(Cl)c(N3CCNCC3)cc2[nH]1. The van der Waals surface area contributed by atoms with Crippen molar-refractivity contribution in [1.82, 2.24) is 20.2 Å². The number of aromatic amines is 1. The van der Waals surface area contributed by atoms with Crippen LogP contribution in [0.1, 0.15) is 33.1 Å². The molecule has 0 amide bonds. The van der Waals surface area contributed by atoms with Gasteiger partial charge in [-0.1, -0.05) is 29.8 Å². The molecule has 3 heterocycles. The molecule has 2 aliphatic heterocycles. The Morgan fingerprint density at radius 2 is 1.85 bits per heavy atom. The van der Waals surface area contributed by atoms with Crippen molar-refractivity contribution in [1.29, 1.82) is 0 Å². The maximum absolute atomic E-state index is 6.58. The van der Waals surface area contributed by atoms with Crippen LogP contribution in [0, 0.1) is 0 Å². The summed E-state index contributed by atoms with van der Waals surface area (Å²) in [5.74, 6) is 0. The van der Waals surface area contributed by atoms with Gasteiger partial charge in [0, 0.05) is 37.5 Å². The van der Waals surface area contributed by atoms with Gasteiger partial charge in [0.2, 0.25) is 0 Å². The summed E-state index contributed by atoms with van der Waals surface area (Å²) in [5, 5.41) is 5.17. The molecule has 5 nitrogen and oxygen atoms in total. The van der Waals surface area contributed by atoms with Gasteiger partial charge in [-0.2, -0.15) is 0 Å². The van der Waals surface area contributed by atoms with E-state index in [-0.39, 0.29) is 4.75 Å². The molecule has 27 heavy (non-hydrogen) atoms. The van der Waals surface area contributed by atoms with Crippen molar-refractivity contribution < 1.29 is 0 Å². The number of benzene rings is 1. The molecule has 2 N–H and O–H groups in total. The fourth-order valence-corrected chi connectivity index (χ4v) is 5.50. The number of imidazole rings is 1. The van der Waals surface area contributed by atoms with Gasteiger partial charge in [-0.15, -0.1) is 0 Å². The van der Waals surface area contributed by atoms with Gasteiger partial charge in [-0.3, -0.25) is 0 Å². The number of rotatable bonds is 5. The zero-order valence-electron chi connectivity index (χ0n) is 16.4. The average Bonchev–Trinajstić information content (AvgIpc) is 3.02. The Labute approximate surface area is 171 Å². The predicted octanol–water partition coefficient (Wildman–Crippen LogP) is 3.98. The number of nitrogens with one attached hydrogen (secondary N) is 2. The fraction of sp³-hybridized carbons (Fsp3) is 0.650. The number of fused-ring (bicyclic) bond motifs is 1. The quantitative estimate of drug-likeness (QED) is 0.734. The fourth-order valence-electron chi connectivity index (χ4n) is 4.14. The Bertz CT molecular complexity index is 778. The maximum Gasteiger partial charge on any atom is 0.166 e. The highest BCUT2D eigenvalue weighted by Gasteiger charge is 2.26. The highest BCUT2D eigenvalue weighted by atomic mass is 35.5. The first-order valence-electron chi connectivity index (χ1n) is 10.1. The Morgan fingerprint density at radius 3 is 2.59 bits per heavy atom. The van der Waals surface area contributed by atoms with E-state index in [9.17, 15) is 0 Å². The average molecular weight is 408 g/mol. The first-order valence-corrected chi connectivity index (χ1v) is 11.3. The lowest BCUT2D eigenvalue weighted by molar-refractivity contribution is 0.215. The van der Waals surface area contributed by atoms with Crippen molar-refractivity contribution >= 4 is 40.1 Å². The topological polar surface area (TPSA) is 47.2 Å². The van der Waals surface area contributed by atoms with Gasteiger partial charge in [-0.05, 0) is 51.9 Å². The first kappa shape index (κ1) is 19.4. The van der Waals surface area contributed by atoms with E-state index in [0.29, 0.717) is 0 Å². The number of hydrogen-bond acceptors (Lipinski definition) is 5. The Morgan fingerprint density at radius 1 is 1.11 bits per heavy atom.